The van der Waals surface area contributed by atoms with Crippen LogP contribution in [-0.4, -0.2) is 195 Å². The second kappa shape index (κ2) is 33.5. The van der Waals surface area contributed by atoms with Gasteiger partial charge in [0.2, 0.25) is 11.8 Å². The van der Waals surface area contributed by atoms with E-state index in [4.69, 9.17) is 63.8 Å². The van der Waals surface area contributed by atoms with Crippen LogP contribution in [-0.2, 0) is 56.0 Å². The van der Waals surface area contributed by atoms with Crippen molar-refractivity contribution in [2.24, 2.45) is 9.98 Å². The Bertz CT molecular complexity index is 3110. The number of carbonyl (C=O) groups excluding carboxylic acids is 5. The summed E-state index contributed by atoms with van der Waals surface area (Å²) < 4.78 is 64.2. The fourth-order valence-electron chi connectivity index (χ4n) is 11.4. The molecule has 5 amide bonds. The van der Waals surface area contributed by atoms with Crippen LogP contribution in [0.25, 0.3) is 0 Å². The molecule has 0 aliphatic carbocycles. The number of hydrogen-bond acceptors (Lipinski definition) is 18. The maximum Gasteiger partial charge on any atom is 0.408 e. The number of alkyl carbamates (subject to hydrolysis) is 1. The zero-order valence-corrected chi connectivity index (χ0v) is 51.5. The molecule has 3 aromatic rings. The lowest BCUT2D eigenvalue weighted by molar-refractivity contribution is -0.122. The number of benzene rings is 3. The van der Waals surface area contributed by atoms with Crippen LogP contribution in [0.3, 0.4) is 0 Å². The highest BCUT2D eigenvalue weighted by molar-refractivity contribution is 6.10. The number of methoxy groups -OCH3 is 2. The van der Waals surface area contributed by atoms with E-state index in [1.54, 1.807) is 24.3 Å². The molecule has 0 radical (unpaired) electrons. The first-order valence-corrected chi connectivity index (χ1v) is 30.7. The van der Waals surface area contributed by atoms with Gasteiger partial charge in [-0.2, -0.15) is 0 Å². The molecule has 9 rings (SSSR count). The summed E-state index contributed by atoms with van der Waals surface area (Å²) in [6, 6.07) is 12.1. The molecule has 3 aromatic carbocycles. The second-order valence-electron chi connectivity index (χ2n) is 22.3. The Kier molecular flexibility index (Phi) is 24.6. The standard InChI is InChI=1S/C67H81N7O16/c1-6-20-88-67(79)70-18-15-61(75)69-19-24-83-26-28-85-30-29-84-27-25-82-23-16-62(76)68-17-11-12-46-33-47(42-89-59-38-51-49(36-57(59)80-4)65(77)73-40-44(2)31-53(73)63(71-51)55-13-7-9-21-86-55)35-48(34-46)43-90-60-39-52-50(37-58(60)81-5)66(78)74-41-45(3)32-54(74)64(72-52)56-14-8-10-22-87-56/h1,33-39,53-56H,2-3,7-10,13-32,40-43H2,4-5H3,(H,68,76)(H,69,75)(H,70,79)/t53-,54-,55?,56?/m0/s1. The first-order chi connectivity index (χ1) is 43.9. The van der Waals surface area contributed by atoms with Gasteiger partial charge in [0, 0.05) is 69.9 Å². The molecule has 0 saturated carbocycles. The number of hydrogen-bond donors (Lipinski definition) is 3. The Morgan fingerprint density at radius 2 is 1.13 bits per heavy atom. The molecule has 6 heterocycles. The summed E-state index contributed by atoms with van der Waals surface area (Å²) >= 11 is 0. The number of aliphatic imine (C=N–C) groups is 2. The van der Waals surface area contributed by atoms with Crippen LogP contribution in [0.15, 0.2) is 76.8 Å². The van der Waals surface area contributed by atoms with Crippen LogP contribution >= 0.6 is 0 Å². The van der Waals surface area contributed by atoms with Crippen LogP contribution in [0, 0.1) is 24.2 Å². The number of rotatable bonds is 30. The SMILES string of the molecule is C#CCOC(=O)NCCC(=O)NCCOCCOCCOCCOCCC(=O)NCC#Cc1cc(COc2cc3c(cc2OC)C(=O)N2CC(=C)C[C@H]2C(C2CCCCO2)=N3)cc(COc2cc3c(cc2OC)C(=O)N2CC(=C)C[C@H]2C(C2CCCCO2)=N3)c1. The number of fused-ring (bicyclic) bond motifs is 4. The quantitative estimate of drug-likeness (QED) is 0.0366. The molecule has 2 unspecified atom stereocenters. The molecule has 480 valence electrons. The first-order valence-electron chi connectivity index (χ1n) is 30.7. The van der Waals surface area contributed by atoms with Crippen molar-refractivity contribution >= 4 is 52.5 Å². The average molecular weight is 1240 g/mol. The van der Waals surface area contributed by atoms with Gasteiger partial charge in [-0.15, -0.1) is 6.42 Å². The molecule has 0 aromatic heterocycles. The number of terminal acetylenes is 1. The van der Waals surface area contributed by atoms with Gasteiger partial charge in [-0.3, -0.25) is 29.2 Å². The van der Waals surface area contributed by atoms with Crippen molar-refractivity contribution in [2.45, 2.75) is 102 Å². The van der Waals surface area contributed by atoms with E-state index in [2.05, 4.69) is 51.6 Å². The molecule has 90 heavy (non-hydrogen) atoms. The molecule has 0 bridgehead atoms. The van der Waals surface area contributed by atoms with Crippen molar-refractivity contribution in [3.8, 4) is 47.2 Å². The van der Waals surface area contributed by atoms with Crippen LogP contribution < -0.4 is 34.9 Å². The molecular weight excluding hydrogens is 1160 g/mol. The Labute approximate surface area is 525 Å². The molecule has 6 aliphatic heterocycles. The predicted octanol–water partition coefficient (Wildman–Crippen LogP) is 6.50. The van der Waals surface area contributed by atoms with Crippen molar-refractivity contribution in [3.05, 3.63) is 94.6 Å². The van der Waals surface area contributed by atoms with Crippen molar-refractivity contribution in [3.63, 3.8) is 0 Å². The van der Waals surface area contributed by atoms with Crippen LogP contribution in [0.4, 0.5) is 16.2 Å². The lowest BCUT2D eigenvalue weighted by Crippen LogP contribution is -2.45. The third kappa shape index (κ3) is 18.2. The number of carbonyl (C=O) groups is 5. The van der Waals surface area contributed by atoms with Gasteiger partial charge >= 0.3 is 6.09 Å². The topological polar surface area (TPSA) is 254 Å². The van der Waals surface area contributed by atoms with E-state index >= 15 is 0 Å². The molecule has 23 heteroatoms. The maximum atomic E-state index is 14.3. The third-order valence-electron chi connectivity index (χ3n) is 15.8. The average Bonchev–Trinajstić information content (AvgIpc) is 1.72. The maximum absolute atomic E-state index is 14.3. The van der Waals surface area contributed by atoms with Crippen molar-refractivity contribution in [1.29, 1.82) is 0 Å². The number of nitrogens with zero attached hydrogens (tertiary/aromatic N) is 4. The van der Waals surface area contributed by atoms with Gasteiger partial charge in [-0.05, 0) is 92.8 Å². The second-order valence-corrected chi connectivity index (χ2v) is 22.3. The van der Waals surface area contributed by atoms with Crippen molar-refractivity contribution in [1.82, 2.24) is 25.8 Å². The third-order valence-corrected chi connectivity index (χ3v) is 15.8. The van der Waals surface area contributed by atoms with Crippen LogP contribution in [0.2, 0.25) is 0 Å². The largest absolute Gasteiger partial charge is 0.493 e. The van der Waals surface area contributed by atoms with Gasteiger partial charge in [-0.1, -0.05) is 42.1 Å². The van der Waals surface area contributed by atoms with E-state index < -0.39 is 6.09 Å². The minimum atomic E-state index is -0.677. The van der Waals surface area contributed by atoms with E-state index in [-0.39, 0.29) is 100 Å². The van der Waals surface area contributed by atoms with Gasteiger partial charge in [0.05, 0.1) is 132 Å². The van der Waals surface area contributed by atoms with Gasteiger partial charge in [0.15, 0.2) is 29.6 Å². The number of nitrogens with one attached hydrogen (secondary N) is 3. The van der Waals surface area contributed by atoms with Gasteiger partial charge in [0.25, 0.3) is 11.8 Å². The van der Waals surface area contributed by atoms with Crippen LogP contribution in [0.5, 0.6) is 23.0 Å². The van der Waals surface area contributed by atoms with Crippen molar-refractivity contribution in [2.75, 3.05) is 120 Å². The summed E-state index contributed by atoms with van der Waals surface area (Å²) in [5.74, 6) is 9.19. The molecule has 3 N–H and O–H groups in total. The first kappa shape index (κ1) is 66.1. The minimum absolute atomic E-state index is 0.0627. The fraction of sp³-hybridized carbons (Fsp3) is 0.507. The Balaban J connectivity index is 0.801. The minimum Gasteiger partial charge on any atom is -0.493 e. The monoisotopic (exact) mass is 1240 g/mol. The molecule has 4 fully saturated rings. The van der Waals surface area contributed by atoms with E-state index in [1.807, 2.05) is 28.0 Å². The Hall–Kier alpha value is -8.29. The molecule has 0 spiro atoms. The Morgan fingerprint density at radius 1 is 0.622 bits per heavy atom. The summed E-state index contributed by atoms with van der Waals surface area (Å²) in [5.41, 5.74) is 7.45. The number of amides is 5. The zero-order chi connectivity index (χ0) is 63.2. The summed E-state index contributed by atoms with van der Waals surface area (Å²) in [6.07, 6.45) is 11.0. The molecule has 4 saturated heterocycles. The van der Waals surface area contributed by atoms with Crippen LogP contribution in [0.1, 0.15) is 102 Å². The highest BCUT2D eigenvalue weighted by Gasteiger charge is 2.43. The molecule has 23 nitrogen and oxygen atoms in total. The molecule has 4 atom stereocenters. The van der Waals surface area contributed by atoms with Crippen molar-refractivity contribution < 1.29 is 76.1 Å². The number of ether oxygens (including phenoxy) is 11. The molecular formula is C67H81N7O16. The lowest BCUT2D eigenvalue weighted by atomic mass is 9.97. The predicted molar refractivity (Wildman–Crippen MR) is 333 cm³/mol. The van der Waals surface area contributed by atoms with Gasteiger partial charge in [-0.25, -0.2) is 4.79 Å². The molecule has 6 aliphatic rings. The highest BCUT2D eigenvalue weighted by atomic mass is 16.6. The smallest absolute Gasteiger partial charge is 0.408 e. The van der Waals surface area contributed by atoms with Gasteiger partial charge < -0.3 is 77.9 Å². The summed E-state index contributed by atoms with van der Waals surface area (Å²) in [5, 5.41) is 7.97. The fourth-order valence-corrected chi connectivity index (χ4v) is 11.4. The zero-order valence-electron chi connectivity index (χ0n) is 51.5. The van der Waals surface area contributed by atoms with E-state index in [1.165, 1.54) is 14.2 Å². The summed E-state index contributed by atoms with van der Waals surface area (Å²) in [6.45, 7) is 13.6. The Morgan fingerprint density at radius 3 is 1.63 bits per heavy atom. The summed E-state index contributed by atoms with van der Waals surface area (Å²) in [7, 11) is 3.07. The van der Waals surface area contributed by atoms with E-state index in [9.17, 15) is 24.0 Å². The highest BCUT2D eigenvalue weighted by Crippen LogP contribution is 2.43. The van der Waals surface area contributed by atoms with E-state index in [0.717, 1.165) is 72.2 Å². The van der Waals surface area contributed by atoms with Gasteiger partial charge in [0.1, 0.15) is 13.2 Å². The summed E-state index contributed by atoms with van der Waals surface area (Å²) in [4.78, 5) is 78.6. The lowest BCUT2D eigenvalue weighted by Gasteiger charge is -2.30. The normalized spacial score (nSPS) is 19.3. The van der Waals surface area contributed by atoms with E-state index in [0.29, 0.717) is 143 Å².